The summed E-state index contributed by atoms with van der Waals surface area (Å²) in [4.78, 5) is 6.44. The minimum atomic E-state index is -2.88. The van der Waals surface area contributed by atoms with Gasteiger partial charge in [0.15, 0.2) is 9.84 Å². The molecule has 2 rings (SSSR count). The SMILES string of the molecule is CC1CS(=O)(=O)CCN1c1ccc(CCN)cn1. The molecule has 0 spiro atoms. The number of rotatable bonds is 3. The van der Waals surface area contributed by atoms with E-state index < -0.39 is 9.84 Å². The van der Waals surface area contributed by atoms with Gasteiger partial charge < -0.3 is 10.6 Å². The normalized spacial score (nSPS) is 23.0. The molecule has 2 N–H and O–H groups in total. The predicted octanol–water partition coefficient (Wildman–Crippen LogP) is 0.206. The molecule has 2 heterocycles. The van der Waals surface area contributed by atoms with Crippen LogP contribution < -0.4 is 10.6 Å². The number of nitrogens with zero attached hydrogens (tertiary/aromatic N) is 2. The average Bonchev–Trinajstić information content (AvgIpc) is 2.30. The Morgan fingerprint density at radius 3 is 2.83 bits per heavy atom. The van der Waals surface area contributed by atoms with Gasteiger partial charge in [0.1, 0.15) is 5.82 Å². The zero-order valence-electron chi connectivity index (χ0n) is 10.5. The molecule has 5 nitrogen and oxygen atoms in total. The van der Waals surface area contributed by atoms with E-state index in [1.807, 2.05) is 30.2 Å². The van der Waals surface area contributed by atoms with Crippen molar-refractivity contribution in [1.82, 2.24) is 4.98 Å². The van der Waals surface area contributed by atoms with E-state index in [-0.39, 0.29) is 17.5 Å². The second-order valence-electron chi connectivity index (χ2n) is 4.72. The van der Waals surface area contributed by atoms with Crippen LogP contribution in [-0.2, 0) is 16.3 Å². The number of sulfone groups is 1. The van der Waals surface area contributed by atoms with E-state index in [0.717, 1.165) is 17.8 Å². The van der Waals surface area contributed by atoms with Crippen molar-refractivity contribution in [3.8, 4) is 0 Å². The van der Waals surface area contributed by atoms with Gasteiger partial charge in [0, 0.05) is 18.8 Å². The van der Waals surface area contributed by atoms with Crippen molar-refractivity contribution in [2.24, 2.45) is 5.73 Å². The van der Waals surface area contributed by atoms with E-state index in [0.29, 0.717) is 13.1 Å². The first-order valence-electron chi connectivity index (χ1n) is 6.14. The molecule has 6 heteroatoms. The molecular formula is C12H19N3O2S. The molecule has 1 saturated heterocycles. The summed E-state index contributed by atoms with van der Waals surface area (Å²) in [6.45, 7) is 3.05. The Kier molecular flexibility index (Phi) is 3.87. The van der Waals surface area contributed by atoms with Gasteiger partial charge in [-0.15, -0.1) is 0 Å². The smallest absolute Gasteiger partial charge is 0.154 e. The van der Waals surface area contributed by atoms with Crippen LogP contribution >= 0.6 is 0 Å². The molecule has 1 aromatic rings. The summed E-state index contributed by atoms with van der Waals surface area (Å²) in [5, 5.41) is 0. The molecule has 100 valence electrons. The molecule has 18 heavy (non-hydrogen) atoms. The highest BCUT2D eigenvalue weighted by Gasteiger charge is 2.28. The van der Waals surface area contributed by atoms with Crippen molar-refractivity contribution in [3.63, 3.8) is 0 Å². The van der Waals surface area contributed by atoms with Crippen LogP contribution in [0.15, 0.2) is 18.3 Å². The zero-order valence-corrected chi connectivity index (χ0v) is 11.4. The maximum atomic E-state index is 11.5. The fourth-order valence-corrected chi connectivity index (χ4v) is 3.80. The van der Waals surface area contributed by atoms with E-state index in [9.17, 15) is 8.42 Å². The van der Waals surface area contributed by atoms with Crippen LogP contribution in [-0.4, -0.2) is 44.0 Å². The largest absolute Gasteiger partial charge is 0.352 e. The summed E-state index contributed by atoms with van der Waals surface area (Å²) in [5.41, 5.74) is 6.60. The molecule has 0 aliphatic carbocycles. The molecule has 0 amide bonds. The Bertz CT molecular complexity index is 499. The highest BCUT2D eigenvalue weighted by molar-refractivity contribution is 7.91. The van der Waals surface area contributed by atoms with Crippen molar-refractivity contribution in [1.29, 1.82) is 0 Å². The highest BCUT2D eigenvalue weighted by atomic mass is 32.2. The number of anilines is 1. The van der Waals surface area contributed by atoms with Crippen LogP contribution in [0, 0.1) is 0 Å². The van der Waals surface area contributed by atoms with E-state index in [2.05, 4.69) is 4.98 Å². The number of hydrogen-bond donors (Lipinski definition) is 1. The monoisotopic (exact) mass is 269 g/mol. The first kappa shape index (κ1) is 13.3. The van der Waals surface area contributed by atoms with Crippen molar-refractivity contribution >= 4 is 15.7 Å². The summed E-state index contributed by atoms with van der Waals surface area (Å²) < 4.78 is 23.0. The molecule has 1 atom stereocenters. The molecule has 0 aromatic carbocycles. The minimum absolute atomic E-state index is 0.0170. The fraction of sp³-hybridized carbons (Fsp3) is 0.583. The van der Waals surface area contributed by atoms with Gasteiger partial charge in [-0.2, -0.15) is 0 Å². The molecule has 0 radical (unpaired) electrons. The maximum Gasteiger partial charge on any atom is 0.154 e. The van der Waals surface area contributed by atoms with Crippen LogP contribution in [0.5, 0.6) is 0 Å². The molecule has 1 aromatic heterocycles. The lowest BCUT2D eigenvalue weighted by molar-refractivity contribution is 0.567. The van der Waals surface area contributed by atoms with Crippen molar-refractivity contribution < 1.29 is 8.42 Å². The zero-order chi connectivity index (χ0) is 13.2. The van der Waals surface area contributed by atoms with Crippen LogP contribution in [0.3, 0.4) is 0 Å². The molecule has 1 aliphatic heterocycles. The second kappa shape index (κ2) is 5.24. The van der Waals surface area contributed by atoms with Gasteiger partial charge in [0.2, 0.25) is 0 Å². The summed E-state index contributed by atoms with van der Waals surface area (Å²) in [6.07, 6.45) is 2.63. The fourth-order valence-electron chi connectivity index (χ4n) is 2.24. The lowest BCUT2D eigenvalue weighted by atomic mass is 10.2. The molecule has 0 saturated carbocycles. The van der Waals surface area contributed by atoms with E-state index in [4.69, 9.17) is 5.73 Å². The molecule has 1 unspecified atom stereocenters. The molecule has 0 bridgehead atoms. The first-order valence-corrected chi connectivity index (χ1v) is 7.96. The van der Waals surface area contributed by atoms with Crippen molar-refractivity contribution in [2.75, 3.05) is 29.5 Å². The van der Waals surface area contributed by atoms with Gasteiger partial charge in [0.05, 0.1) is 11.5 Å². The Balaban J connectivity index is 2.12. The van der Waals surface area contributed by atoms with Crippen LogP contribution in [0.4, 0.5) is 5.82 Å². The molecular weight excluding hydrogens is 250 g/mol. The van der Waals surface area contributed by atoms with E-state index >= 15 is 0 Å². The summed E-state index contributed by atoms with van der Waals surface area (Å²) in [6, 6.07) is 3.93. The van der Waals surface area contributed by atoms with Gasteiger partial charge in [-0.05, 0) is 31.5 Å². The quantitative estimate of drug-likeness (QED) is 0.848. The van der Waals surface area contributed by atoms with Crippen molar-refractivity contribution in [3.05, 3.63) is 23.9 Å². The topological polar surface area (TPSA) is 76.3 Å². The van der Waals surface area contributed by atoms with Crippen molar-refractivity contribution in [2.45, 2.75) is 19.4 Å². The lowest BCUT2D eigenvalue weighted by Gasteiger charge is -2.34. The van der Waals surface area contributed by atoms with Crippen LogP contribution in [0.25, 0.3) is 0 Å². The number of pyridine rings is 1. The Morgan fingerprint density at radius 1 is 1.50 bits per heavy atom. The summed E-state index contributed by atoms with van der Waals surface area (Å²) >= 11 is 0. The third-order valence-corrected chi connectivity index (χ3v) is 5.00. The lowest BCUT2D eigenvalue weighted by Crippen LogP contribution is -2.47. The summed E-state index contributed by atoms with van der Waals surface area (Å²) in [5.74, 6) is 1.26. The van der Waals surface area contributed by atoms with E-state index in [1.165, 1.54) is 0 Å². The Morgan fingerprint density at radius 2 is 2.28 bits per heavy atom. The molecule has 1 aliphatic rings. The molecule has 1 fully saturated rings. The van der Waals surface area contributed by atoms with Crippen LogP contribution in [0.1, 0.15) is 12.5 Å². The number of hydrogen-bond acceptors (Lipinski definition) is 5. The van der Waals surface area contributed by atoms with Gasteiger partial charge in [-0.1, -0.05) is 6.07 Å². The third-order valence-electron chi connectivity index (χ3n) is 3.21. The van der Waals surface area contributed by atoms with Gasteiger partial charge in [0.25, 0.3) is 0 Å². The Hall–Kier alpha value is -1.14. The summed E-state index contributed by atoms with van der Waals surface area (Å²) in [7, 11) is -2.88. The Labute approximate surface area is 108 Å². The third kappa shape index (κ3) is 3.00. The van der Waals surface area contributed by atoms with Gasteiger partial charge in [-0.3, -0.25) is 0 Å². The van der Waals surface area contributed by atoms with Crippen LogP contribution in [0.2, 0.25) is 0 Å². The number of aromatic nitrogens is 1. The van der Waals surface area contributed by atoms with Gasteiger partial charge in [-0.25, -0.2) is 13.4 Å². The first-order chi connectivity index (χ1) is 8.52. The second-order valence-corrected chi connectivity index (χ2v) is 6.95. The highest BCUT2D eigenvalue weighted by Crippen LogP contribution is 2.19. The minimum Gasteiger partial charge on any atom is -0.352 e. The number of nitrogens with two attached hydrogens (primary N) is 1. The maximum absolute atomic E-state index is 11.5. The average molecular weight is 269 g/mol. The van der Waals surface area contributed by atoms with Gasteiger partial charge >= 0.3 is 0 Å². The standard InChI is InChI=1S/C12H19N3O2S/c1-10-9-18(16,17)7-6-15(10)12-3-2-11(4-5-13)8-14-12/h2-3,8,10H,4-7,9,13H2,1H3. The van der Waals surface area contributed by atoms with E-state index in [1.54, 1.807) is 0 Å². The predicted molar refractivity (Wildman–Crippen MR) is 72.5 cm³/mol.